The molecule has 6 nitrogen and oxygen atoms in total. The molecule has 0 atom stereocenters. The Hall–Kier alpha value is -4.84. The van der Waals surface area contributed by atoms with Crippen molar-refractivity contribution in [3.05, 3.63) is 120 Å². The minimum absolute atomic E-state index is 0.276. The molecule has 0 N–H and O–H groups in total. The number of ketones is 1. The number of carbonyl (C=O) groups excluding carboxylic acids is 2. The van der Waals surface area contributed by atoms with Gasteiger partial charge in [0.05, 0.1) is 31.2 Å². The first-order valence-corrected chi connectivity index (χ1v) is 11.3. The summed E-state index contributed by atoms with van der Waals surface area (Å²) in [7, 11) is 3.03. The lowest BCUT2D eigenvalue weighted by molar-refractivity contribution is 0.104. The molecule has 0 heterocycles. The van der Waals surface area contributed by atoms with Crippen molar-refractivity contribution in [2.24, 2.45) is 0 Å². The smallest absolute Gasteiger partial charge is 0.424 e. The number of ether oxygens (including phenoxy) is 3. The zero-order chi connectivity index (χ0) is 25.3. The monoisotopic (exact) mass is 479 g/mol. The quantitative estimate of drug-likeness (QED) is 0.202. The minimum Gasteiger partial charge on any atom is -0.497 e. The molecule has 0 aliphatic rings. The molecule has 4 rings (SSSR count). The fourth-order valence-corrected chi connectivity index (χ4v) is 3.63. The summed E-state index contributed by atoms with van der Waals surface area (Å²) in [5.41, 5.74) is 2.27. The van der Waals surface area contributed by atoms with Crippen LogP contribution in [0.15, 0.2) is 109 Å². The Kier molecular flexibility index (Phi) is 7.78. The van der Waals surface area contributed by atoms with E-state index < -0.39 is 6.09 Å². The molecule has 1 amide bonds. The van der Waals surface area contributed by atoms with Crippen LogP contribution >= 0.6 is 0 Å². The zero-order valence-corrected chi connectivity index (χ0v) is 20.0. The van der Waals surface area contributed by atoms with Gasteiger partial charge in [-0.1, -0.05) is 54.6 Å². The van der Waals surface area contributed by atoms with Crippen LogP contribution in [0.2, 0.25) is 0 Å². The first kappa shape index (κ1) is 24.3. The molecule has 180 valence electrons. The third kappa shape index (κ3) is 5.62. The number of allylic oxidation sites excluding steroid dienone is 1. The molecule has 0 fully saturated rings. The molecule has 0 aromatic heterocycles. The van der Waals surface area contributed by atoms with Crippen LogP contribution in [0, 0.1) is 0 Å². The Labute approximate surface area is 210 Å². The van der Waals surface area contributed by atoms with Gasteiger partial charge < -0.3 is 14.2 Å². The summed E-state index contributed by atoms with van der Waals surface area (Å²) in [6.45, 7) is 0. The number of carbonyl (C=O) groups is 2. The molecule has 6 heteroatoms. The van der Waals surface area contributed by atoms with Gasteiger partial charge in [0.25, 0.3) is 0 Å². The third-order valence-electron chi connectivity index (χ3n) is 5.41. The topological polar surface area (TPSA) is 65.1 Å². The van der Waals surface area contributed by atoms with Crippen LogP contribution in [0.1, 0.15) is 15.9 Å². The van der Waals surface area contributed by atoms with Crippen molar-refractivity contribution < 1.29 is 23.8 Å². The second-order valence-corrected chi connectivity index (χ2v) is 7.68. The summed E-state index contributed by atoms with van der Waals surface area (Å²) in [6, 6.07) is 30.6. The van der Waals surface area contributed by atoms with E-state index >= 15 is 0 Å². The average Bonchev–Trinajstić information content (AvgIpc) is 2.93. The highest BCUT2D eigenvalue weighted by Gasteiger charge is 2.21. The first-order chi connectivity index (χ1) is 17.6. The highest BCUT2D eigenvalue weighted by molar-refractivity contribution is 6.09. The average molecular weight is 480 g/mol. The number of para-hydroxylation sites is 3. The van der Waals surface area contributed by atoms with E-state index in [4.69, 9.17) is 14.2 Å². The molecule has 0 spiro atoms. The summed E-state index contributed by atoms with van der Waals surface area (Å²) in [5, 5.41) is 0. The van der Waals surface area contributed by atoms with Gasteiger partial charge in [0.2, 0.25) is 0 Å². The van der Waals surface area contributed by atoms with E-state index in [2.05, 4.69) is 0 Å². The van der Waals surface area contributed by atoms with Crippen molar-refractivity contribution in [2.45, 2.75) is 0 Å². The first-order valence-electron chi connectivity index (χ1n) is 11.3. The van der Waals surface area contributed by atoms with Crippen LogP contribution in [-0.4, -0.2) is 26.1 Å². The number of nitrogens with zero attached hydrogens (tertiary/aromatic N) is 1. The highest BCUT2D eigenvalue weighted by atomic mass is 16.6. The number of hydrogen-bond donors (Lipinski definition) is 0. The molecule has 0 saturated carbocycles. The molecule has 0 bridgehead atoms. The van der Waals surface area contributed by atoms with Gasteiger partial charge in [0, 0.05) is 5.56 Å². The summed E-state index contributed by atoms with van der Waals surface area (Å²) in [5.74, 6) is 1.03. The molecule has 4 aromatic rings. The SMILES string of the molecule is COc1ccc(OC)c(C(=O)C=Cc2ccccc2OC(=O)N(c2ccccc2)c2ccccc2)c1. The zero-order valence-electron chi connectivity index (χ0n) is 20.0. The summed E-state index contributed by atoms with van der Waals surface area (Å²) in [4.78, 5) is 27.8. The van der Waals surface area contributed by atoms with Crippen molar-refractivity contribution in [1.29, 1.82) is 0 Å². The highest BCUT2D eigenvalue weighted by Crippen LogP contribution is 2.29. The maximum atomic E-state index is 13.4. The predicted octanol–water partition coefficient (Wildman–Crippen LogP) is 6.94. The van der Waals surface area contributed by atoms with E-state index in [0.717, 1.165) is 0 Å². The number of benzene rings is 4. The Balaban J connectivity index is 1.61. The van der Waals surface area contributed by atoms with Crippen molar-refractivity contribution in [1.82, 2.24) is 0 Å². The van der Waals surface area contributed by atoms with Crippen molar-refractivity contribution in [2.75, 3.05) is 19.1 Å². The second-order valence-electron chi connectivity index (χ2n) is 7.68. The molecule has 0 saturated heterocycles. The molecule has 0 unspecified atom stereocenters. The lowest BCUT2D eigenvalue weighted by Crippen LogP contribution is -2.29. The van der Waals surface area contributed by atoms with Crippen LogP contribution in [0.5, 0.6) is 17.2 Å². The Morgan fingerprint density at radius 2 is 1.31 bits per heavy atom. The van der Waals surface area contributed by atoms with Gasteiger partial charge >= 0.3 is 6.09 Å². The molecule has 36 heavy (non-hydrogen) atoms. The van der Waals surface area contributed by atoms with Gasteiger partial charge in [0.15, 0.2) is 5.78 Å². The largest absolute Gasteiger partial charge is 0.497 e. The van der Waals surface area contributed by atoms with Crippen LogP contribution in [0.25, 0.3) is 6.08 Å². The van der Waals surface area contributed by atoms with Crippen molar-refractivity contribution >= 4 is 29.3 Å². The Bertz CT molecular complexity index is 1330. The predicted molar refractivity (Wildman–Crippen MR) is 140 cm³/mol. The van der Waals surface area contributed by atoms with E-state index in [-0.39, 0.29) is 5.78 Å². The molecular formula is C30H25NO5. The van der Waals surface area contributed by atoms with E-state index in [1.165, 1.54) is 25.2 Å². The standard InChI is InChI=1S/C30H25NO5/c1-34-25-18-20-29(35-2)26(21-25)27(32)19-17-22-11-9-10-16-28(22)36-30(33)31(23-12-5-3-6-13-23)24-14-7-4-8-15-24/h3-21H,1-2H3. The second kappa shape index (κ2) is 11.5. The van der Waals surface area contributed by atoms with E-state index in [1.54, 1.807) is 48.5 Å². The van der Waals surface area contributed by atoms with Gasteiger partial charge in [-0.05, 0) is 60.7 Å². The molecule has 0 radical (unpaired) electrons. The summed E-state index contributed by atoms with van der Waals surface area (Å²) in [6.07, 6.45) is 2.45. The number of hydrogen-bond acceptors (Lipinski definition) is 5. The fourth-order valence-electron chi connectivity index (χ4n) is 3.63. The fraction of sp³-hybridized carbons (Fsp3) is 0.0667. The number of rotatable bonds is 8. The number of methoxy groups -OCH3 is 2. The van der Waals surface area contributed by atoms with E-state index in [1.807, 2.05) is 60.7 Å². The number of amides is 1. The maximum absolute atomic E-state index is 13.4. The molecule has 0 aliphatic carbocycles. The third-order valence-corrected chi connectivity index (χ3v) is 5.41. The van der Waals surface area contributed by atoms with Crippen LogP contribution in [0.4, 0.5) is 16.2 Å². The van der Waals surface area contributed by atoms with E-state index in [0.29, 0.717) is 39.8 Å². The van der Waals surface area contributed by atoms with Crippen LogP contribution in [-0.2, 0) is 0 Å². The normalized spacial score (nSPS) is 10.6. The van der Waals surface area contributed by atoms with Crippen molar-refractivity contribution in [3.8, 4) is 17.2 Å². The molecular weight excluding hydrogens is 454 g/mol. The van der Waals surface area contributed by atoms with Gasteiger partial charge in [-0.15, -0.1) is 0 Å². The number of anilines is 2. The lowest BCUT2D eigenvalue weighted by Gasteiger charge is -2.22. The van der Waals surface area contributed by atoms with Crippen molar-refractivity contribution in [3.63, 3.8) is 0 Å². The van der Waals surface area contributed by atoms with Crippen LogP contribution < -0.4 is 19.1 Å². The minimum atomic E-state index is -0.575. The molecule has 0 aliphatic heterocycles. The van der Waals surface area contributed by atoms with Gasteiger partial charge in [0.1, 0.15) is 17.2 Å². The summed E-state index contributed by atoms with van der Waals surface area (Å²) >= 11 is 0. The van der Waals surface area contributed by atoms with E-state index in [9.17, 15) is 9.59 Å². The summed E-state index contributed by atoms with van der Waals surface area (Å²) < 4.78 is 16.4. The Morgan fingerprint density at radius 1 is 0.694 bits per heavy atom. The van der Waals surface area contributed by atoms with Gasteiger partial charge in [-0.2, -0.15) is 0 Å². The van der Waals surface area contributed by atoms with Gasteiger partial charge in [-0.3, -0.25) is 4.79 Å². The van der Waals surface area contributed by atoms with Gasteiger partial charge in [-0.25, -0.2) is 9.69 Å². The van der Waals surface area contributed by atoms with Crippen LogP contribution in [0.3, 0.4) is 0 Å². The lowest BCUT2D eigenvalue weighted by atomic mass is 10.1. The maximum Gasteiger partial charge on any atom is 0.424 e. The molecule has 4 aromatic carbocycles. The Morgan fingerprint density at radius 3 is 1.92 bits per heavy atom.